The predicted octanol–water partition coefficient (Wildman–Crippen LogP) is 0.686. The normalized spacial score (nSPS) is 20.4. The number of nitrogens with two attached hydrogens (primary N) is 1. The van der Waals surface area contributed by atoms with Gasteiger partial charge < -0.3 is 19.9 Å². The lowest BCUT2D eigenvalue weighted by atomic mass is 9.90. The molecular formula is C22H28N4O6. The number of amides is 1. The van der Waals surface area contributed by atoms with E-state index in [2.05, 4.69) is 14.9 Å². The molecule has 4 rings (SSSR count). The van der Waals surface area contributed by atoms with Gasteiger partial charge in [0.15, 0.2) is 18.1 Å². The van der Waals surface area contributed by atoms with Gasteiger partial charge in [0.05, 0.1) is 12.2 Å². The van der Waals surface area contributed by atoms with E-state index in [-0.39, 0.29) is 12.2 Å². The van der Waals surface area contributed by atoms with Crippen molar-refractivity contribution in [2.75, 3.05) is 26.3 Å². The topological polar surface area (TPSA) is 140 Å². The zero-order valence-electron chi connectivity index (χ0n) is 18.1. The quantitative estimate of drug-likeness (QED) is 0.571. The minimum Gasteiger partial charge on any atom is -0.490 e. The van der Waals surface area contributed by atoms with Crippen LogP contribution in [0.15, 0.2) is 27.8 Å². The summed E-state index contributed by atoms with van der Waals surface area (Å²) in [6.07, 6.45) is 2.97. The Balaban J connectivity index is 1.43. The van der Waals surface area contributed by atoms with Gasteiger partial charge in [-0.1, -0.05) is 6.07 Å². The number of carbonyl (C=O) groups excluding carboxylic acids is 1. The van der Waals surface area contributed by atoms with Crippen molar-refractivity contribution in [2.45, 2.75) is 44.8 Å². The van der Waals surface area contributed by atoms with E-state index in [0.717, 1.165) is 44.5 Å². The number of hydrogen-bond acceptors (Lipinski definition) is 7. The number of nitrogens with one attached hydrogen (secondary N) is 2. The van der Waals surface area contributed by atoms with Crippen LogP contribution in [0.5, 0.6) is 17.4 Å². The molecule has 10 nitrogen and oxygen atoms in total. The van der Waals surface area contributed by atoms with Crippen LogP contribution in [-0.2, 0) is 17.8 Å². The van der Waals surface area contributed by atoms with E-state index in [0.29, 0.717) is 36.0 Å². The van der Waals surface area contributed by atoms with E-state index in [1.165, 1.54) is 0 Å². The molecule has 4 N–H and O–H groups in total. The lowest BCUT2D eigenvalue weighted by Crippen LogP contribution is -2.36. The molecule has 172 valence electrons. The molecule has 1 fully saturated rings. The largest absolute Gasteiger partial charge is 0.490 e. The Labute approximate surface area is 184 Å². The van der Waals surface area contributed by atoms with Crippen LogP contribution in [0, 0.1) is 0 Å². The molecule has 1 saturated heterocycles. The van der Waals surface area contributed by atoms with Crippen LogP contribution in [0.1, 0.15) is 37.3 Å². The van der Waals surface area contributed by atoms with E-state index in [9.17, 15) is 14.4 Å². The molecule has 1 aromatic carbocycles. The van der Waals surface area contributed by atoms with Gasteiger partial charge in [0.1, 0.15) is 5.60 Å². The van der Waals surface area contributed by atoms with Gasteiger partial charge >= 0.3 is 5.69 Å². The van der Waals surface area contributed by atoms with Crippen molar-refractivity contribution in [3.05, 3.63) is 50.2 Å². The molecule has 0 aliphatic carbocycles. The summed E-state index contributed by atoms with van der Waals surface area (Å²) in [6.45, 7) is 4.55. The summed E-state index contributed by atoms with van der Waals surface area (Å²) in [5, 5.41) is 0. The monoisotopic (exact) mass is 444 g/mol. The van der Waals surface area contributed by atoms with Crippen molar-refractivity contribution in [3.8, 4) is 17.4 Å². The second-order valence-corrected chi connectivity index (χ2v) is 8.28. The number of nitrogens with zero attached hydrogens (tertiary/aromatic N) is 1. The minimum atomic E-state index is -0.547. The summed E-state index contributed by atoms with van der Waals surface area (Å²) >= 11 is 0. The summed E-state index contributed by atoms with van der Waals surface area (Å²) < 4.78 is 17.2. The van der Waals surface area contributed by atoms with Gasteiger partial charge in [0.25, 0.3) is 11.5 Å². The molecule has 2 aliphatic rings. The van der Waals surface area contributed by atoms with Crippen molar-refractivity contribution in [2.24, 2.45) is 5.73 Å². The molecule has 1 spiro atoms. The fourth-order valence-corrected chi connectivity index (χ4v) is 4.42. The summed E-state index contributed by atoms with van der Waals surface area (Å²) in [7, 11) is 0. The number of carbonyl (C=O) groups is 1. The Bertz CT molecular complexity index is 1110. The number of hydrogen-bond donors (Lipinski definition) is 3. The number of likely N-dealkylation sites (tertiary alicyclic amines) is 1. The van der Waals surface area contributed by atoms with Gasteiger partial charge in [0.2, 0.25) is 5.88 Å². The number of aromatic amines is 2. The molecule has 0 bridgehead atoms. The molecule has 0 unspecified atom stereocenters. The van der Waals surface area contributed by atoms with Gasteiger partial charge in [-0.3, -0.25) is 24.5 Å². The standard InChI is InChI=1S/C22H28N4O6/c1-2-30-17-10-14(4-5-16(17)31-13-18(23)27)12-26-8-3-6-22(7-9-26)11-15-19(28)24-21(29)25-20(15)32-22/h4-5,10H,2-3,6-9,11-13H2,1H3,(H2,23,27)(H2,24,25,28,29)/t22-/m1/s1. The first-order chi connectivity index (χ1) is 15.4. The molecule has 10 heteroatoms. The maximum Gasteiger partial charge on any atom is 0.328 e. The smallest absolute Gasteiger partial charge is 0.328 e. The van der Waals surface area contributed by atoms with E-state index in [1.54, 1.807) is 6.07 Å². The van der Waals surface area contributed by atoms with Crippen molar-refractivity contribution in [3.63, 3.8) is 0 Å². The van der Waals surface area contributed by atoms with E-state index < -0.39 is 17.2 Å². The lowest BCUT2D eigenvalue weighted by Gasteiger charge is -2.27. The molecule has 0 saturated carbocycles. The third-order valence-corrected chi connectivity index (χ3v) is 5.89. The van der Waals surface area contributed by atoms with Gasteiger partial charge in [-0.15, -0.1) is 0 Å². The van der Waals surface area contributed by atoms with Gasteiger partial charge in [-0.05, 0) is 44.0 Å². The number of primary amides is 1. The Kier molecular flexibility index (Phi) is 6.22. The highest BCUT2D eigenvalue weighted by atomic mass is 16.5. The van der Waals surface area contributed by atoms with E-state index >= 15 is 0 Å². The van der Waals surface area contributed by atoms with Crippen LogP contribution in [0.4, 0.5) is 0 Å². The van der Waals surface area contributed by atoms with Crippen molar-refractivity contribution in [1.29, 1.82) is 0 Å². The highest BCUT2D eigenvalue weighted by molar-refractivity contribution is 5.75. The van der Waals surface area contributed by atoms with Crippen molar-refractivity contribution in [1.82, 2.24) is 14.9 Å². The van der Waals surface area contributed by atoms with Crippen LogP contribution in [-0.4, -0.2) is 52.7 Å². The van der Waals surface area contributed by atoms with Gasteiger partial charge in [-0.25, -0.2) is 4.79 Å². The fraction of sp³-hybridized carbons (Fsp3) is 0.500. The minimum absolute atomic E-state index is 0.204. The maximum absolute atomic E-state index is 12.1. The number of benzene rings is 1. The maximum atomic E-state index is 12.1. The number of rotatable bonds is 7. The third-order valence-electron chi connectivity index (χ3n) is 5.89. The zero-order chi connectivity index (χ0) is 22.7. The Hall–Kier alpha value is -3.27. The molecule has 32 heavy (non-hydrogen) atoms. The molecule has 1 aromatic heterocycles. The van der Waals surface area contributed by atoms with E-state index in [4.69, 9.17) is 19.9 Å². The Morgan fingerprint density at radius 3 is 2.81 bits per heavy atom. The lowest BCUT2D eigenvalue weighted by molar-refractivity contribution is -0.119. The first-order valence-electron chi connectivity index (χ1n) is 10.8. The second kappa shape index (κ2) is 9.07. The number of aromatic nitrogens is 2. The average Bonchev–Trinajstić information content (AvgIpc) is 2.99. The van der Waals surface area contributed by atoms with Crippen LogP contribution in [0.25, 0.3) is 0 Å². The molecule has 1 amide bonds. The van der Waals surface area contributed by atoms with Crippen LogP contribution >= 0.6 is 0 Å². The van der Waals surface area contributed by atoms with Gasteiger partial charge in [0, 0.05) is 25.9 Å². The third kappa shape index (κ3) is 4.80. The van der Waals surface area contributed by atoms with Crippen LogP contribution in [0.3, 0.4) is 0 Å². The summed E-state index contributed by atoms with van der Waals surface area (Å²) in [6, 6.07) is 5.67. The van der Waals surface area contributed by atoms with Crippen molar-refractivity contribution < 1.29 is 19.0 Å². The molecule has 3 heterocycles. The summed E-state index contributed by atoms with van der Waals surface area (Å²) in [5.41, 5.74) is 5.37. The SMILES string of the molecule is CCOc1cc(CN2CCC[C@@]3(CC2)Cc2c([nH]c(=O)[nH]c2=O)O3)ccc1OCC(N)=O. The number of fused-ring (bicyclic) bond motifs is 1. The molecular weight excluding hydrogens is 416 g/mol. The van der Waals surface area contributed by atoms with Crippen molar-refractivity contribution >= 4 is 5.91 Å². The Morgan fingerprint density at radius 1 is 1.19 bits per heavy atom. The molecule has 2 aliphatic heterocycles. The molecule has 2 aromatic rings. The zero-order valence-corrected chi connectivity index (χ0v) is 18.1. The highest BCUT2D eigenvalue weighted by Crippen LogP contribution is 2.38. The molecule has 1 atom stereocenters. The molecule has 0 radical (unpaired) electrons. The van der Waals surface area contributed by atoms with E-state index in [1.807, 2.05) is 19.1 Å². The average molecular weight is 444 g/mol. The first kappa shape index (κ1) is 21.9. The highest BCUT2D eigenvalue weighted by Gasteiger charge is 2.42. The predicted molar refractivity (Wildman–Crippen MR) is 116 cm³/mol. The van der Waals surface area contributed by atoms with Gasteiger partial charge in [-0.2, -0.15) is 0 Å². The first-order valence-corrected chi connectivity index (χ1v) is 10.8. The number of ether oxygens (including phenoxy) is 3. The number of H-pyrrole nitrogens is 2. The Morgan fingerprint density at radius 2 is 2.03 bits per heavy atom. The second-order valence-electron chi connectivity index (χ2n) is 8.28. The fourth-order valence-electron chi connectivity index (χ4n) is 4.42. The van der Waals surface area contributed by atoms with Crippen LogP contribution in [0.2, 0.25) is 0 Å². The summed E-state index contributed by atoms with van der Waals surface area (Å²) in [4.78, 5) is 42.0. The summed E-state index contributed by atoms with van der Waals surface area (Å²) in [5.74, 6) is 0.827. The van der Waals surface area contributed by atoms with Crippen LogP contribution < -0.4 is 31.2 Å².